The minimum atomic E-state index is 0. The van der Waals surface area contributed by atoms with Gasteiger partial charge in [-0.2, -0.15) is 0 Å². The Kier molecular flexibility index (Phi) is 20.7. The van der Waals surface area contributed by atoms with E-state index in [2.05, 4.69) is 124 Å². The van der Waals surface area contributed by atoms with Crippen molar-refractivity contribution in [3.8, 4) is 0 Å². The summed E-state index contributed by atoms with van der Waals surface area (Å²) in [7, 11) is 0. The van der Waals surface area contributed by atoms with E-state index in [1.54, 1.807) is 0 Å². The molecular weight excluding hydrogens is 707 g/mol. The van der Waals surface area contributed by atoms with Crippen LogP contribution in [0.4, 0.5) is 11.4 Å². The molecule has 4 nitrogen and oxygen atoms in total. The summed E-state index contributed by atoms with van der Waals surface area (Å²) in [5, 5.41) is 7.66. The van der Waals surface area contributed by atoms with Crippen molar-refractivity contribution in [3.05, 3.63) is 88.7 Å². The van der Waals surface area contributed by atoms with Crippen LogP contribution in [-0.2, 0) is 23.3 Å². The number of nitrogens with zero attached hydrogens (tertiary/aromatic N) is 2. The van der Waals surface area contributed by atoms with Crippen LogP contribution in [0.15, 0.2) is 60.8 Å². The summed E-state index contributed by atoms with van der Waals surface area (Å²) < 4.78 is 0. The number of hydrogen-bond acceptors (Lipinski definition) is 4. The van der Waals surface area contributed by atoms with E-state index in [-0.39, 0.29) is 50.7 Å². The molecule has 0 fully saturated rings. The predicted octanol–water partition coefficient (Wildman–Crippen LogP) is 3.39. The second-order valence-corrected chi connectivity index (χ2v) is 12.4. The standard InChI is InChI=1S/C36H54N4.2BrH.Co/c1-26(2)31-16-11-17-32(27(3)4)35(31)38-21-13-23-40(25-30-15-9-10-20-37-30)24-14-22-39-36-33(28(5)6)18-12-19-34(36)29(7)8;;;/h9-12,15-20,26-29,38-39H,13-14,21-25H2,1-8H3;2*1H;/q;;;+2/p-2. The predicted molar refractivity (Wildman–Crippen MR) is 175 cm³/mol. The number of halogens is 2. The molecule has 2 N–H and O–H groups in total. The zero-order valence-corrected chi connectivity index (χ0v) is 31.7. The van der Waals surface area contributed by atoms with E-state index in [4.69, 9.17) is 0 Å². The molecule has 0 aliphatic carbocycles. The van der Waals surface area contributed by atoms with E-state index in [1.807, 2.05) is 12.3 Å². The van der Waals surface area contributed by atoms with Gasteiger partial charge in [0, 0.05) is 50.3 Å². The number of pyridine rings is 1. The topological polar surface area (TPSA) is 40.2 Å². The van der Waals surface area contributed by atoms with Crippen molar-refractivity contribution in [3.63, 3.8) is 0 Å². The summed E-state index contributed by atoms with van der Waals surface area (Å²) in [6.07, 6.45) is 4.10. The second-order valence-electron chi connectivity index (χ2n) is 12.4. The van der Waals surface area contributed by atoms with E-state index < -0.39 is 0 Å². The Morgan fingerprint density at radius 2 is 0.977 bits per heavy atom. The van der Waals surface area contributed by atoms with E-state index in [1.165, 1.54) is 33.6 Å². The average molecular weight is 762 g/mol. The summed E-state index contributed by atoms with van der Waals surface area (Å²) in [5.74, 6) is 2.02. The van der Waals surface area contributed by atoms with Crippen LogP contribution < -0.4 is 44.6 Å². The molecule has 241 valence electrons. The van der Waals surface area contributed by atoms with Crippen molar-refractivity contribution < 1.29 is 50.7 Å². The molecule has 7 heteroatoms. The van der Waals surface area contributed by atoms with Crippen LogP contribution in [0, 0.1) is 0 Å². The molecule has 2 aromatic carbocycles. The van der Waals surface area contributed by atoms with E-state index >= 15 is 0 Å². The number of rotatable bonds is 16. The van der Waals surface area contributed by atoms with Crippen LogP contribution in [0.3, 0.4) is 0 Å². The molecule has 0 atom stereocenters. The zero-order chi connectivity index (χ0) is 29.1. The number of para-hydroxylation sites is 2. The number of aromatic nitrogens is 1. The van der Waals surface area contributed by atoms with Gasteiger partial charge in [-0.05, 0) is 70.9 Å². The van der Waals surface area contributed by atoms with Crippen LogP contribution in [-0.4, -0.2) is 36.1 Å². The van der Waals surface area contributed by atoms with Gasteiger partial charge in [0.1, 0.15) is 0 Å². The first-order valence-electron chi connectivity index (χ1n) is 15.5. The number of nitrogens with one attached hydrogen (secondary N) is 2. The Labute approximate surface area is 294 Å². The fourth-order valence-electron chi connectivity index (χ4n) is 5.53. The Morgan fingerprint density at radius 1 is 0.581 bits per heavy atom. The van der Waals surface area contributed by atoms with E-state index in [0.29, 0.717) is 23.7 Å². The molecule has 0 aliphatic heterocycles. The van der Waals surface area contributed by atoms with Crippen LogP contribution in [0.1, 0.15) is 120 Å². The number of benzene rings is 2. The number of anilines is 2. The molecule has 0 bridgehead atoms. The Hall–Kier alpha value is -1.38. The smallest absolute Gasteiger partial charge is 1.00 e. The van der Waals surface area contributed by atoms with E-state index in [9.17, 15) is 0 Å². The minimum Gasteiger partial charge on any atom is -1.00 e. The van der Waals surface area contributed by atoms with Crippen LogP contribution >= 0.6 is 0 Å². The summed E-state index contributed by atoms with van der Waals surface area (Å²) >= 11 is 0. The first-order valence-corrected chi connectivity index (χ1v) is 15.5. The second kappa shape index (κ2) is 21.4. The number of hydrogen-bond donors (Lipinski definition) is 2. The summed E-state index contributed by atoms with van der Waals surface area (Å²) in [6.45, 7) is 23.2. The summed E-state index contributed by atoms with van der Waals surface area (Å²) in [6, 6.07) is 19.8. The van der Waals surface area contributed by atoms with Crippen LogP contribution in [0.2, 0.25) is 0 Å². The van der Waals surface area contributed by atoms with Crippen molar-refractivity contribution >= 4 is 11.4 Å². The average Bonchev–Trinajstić information content (AvgIpc) is 2.93. The largest absolute Gasteiger partial charge is 2.00 e. The third kappa shape index (κ3) is 12.9. The van der Waals surface area contributed by atoms with Crippen molar-refractivity contribution in [1.29, 1.82) is 0 Å². The van der Waals surface area contributed by atoms with Gasteiger partial charge in [-0.15, -0.1) is 0 Å². The monoisotopic (exact) mass is 759 g/mol. The third-order valence-corrected chi connectivity index (χ3v) is 7.76. The molecule has 0 amide bonds. The summed E-state index contributed by atoms with van der Waals surface area (Å²) in [5.41, 5.74) is 9.52. The van der Waals surface area contributed by atoms with Crippen molar-refractivity contribution in [2.45, 2.75) is 98.4 Å². The molecule has 43 heavy (non-hydrogen) atoms. The van der Waals surface area contributed by atoms with Gasteiger partial charge in [0.2, 0.25) is 0 Å². The molecule has 0 spiro atoms. The molecule has 3 aromatic rings. The minimum absolute atomic E-state index is 0. The molecule has 1 aromatic heterocycles. The Morgan fingerprint density at radius 3 is 1.30 bits per heavy atom. The first-order chi connectivity index (χ1) is 19.2. The molecule has 0 unspecified atom stereocenters. The van der Waals surface area contributed by atoms with Gasteiger partial charge < -0.3 is 44.6 Å². The van der Waals surface area contributed by atoms with Gasteiger partial charge in [0.15, 0.2) is 0 Å². The molecule has 1 radical (unpaired) electrons. The molecular formula is C36H54Br2CoN4. The normalized spacial score (nSPS) is 11.0. The molecule has 0 saturated heterocycles. The van der Waals surface area contributed by atoms with Gasteiger partial charge in [-0.3, -0.25) is 9.88 Å². The van der Waals surface area contributed by atoms with Gasteiger partial charge in [-0.25, -0.2) is 0 Å². The van der Waals surface area contributed by atoms with Crippen molar-refractivity contribution in [2.75, 3.05) is 36.8 Å². The van der Waals surface area contributed by atoms with Crippen LogP contribution in [0.5, 0.6) is 0 Å². The molecule has 0 aliphatic rings. The van der Waals surface area contributed by atoms with Crippen LogP contribution in [0.25, 0.3) is 0 Å². The fraction of sp³-hybridized carbons (Fsp3) is 0.528. The first kappa shape index (κ1) is 41.6. The maximum atomic E-state index is 4.62. The molecule has 0 saturated carbocycles. The van der Waals surface area contributed by atoms with Crippen molar-refractivity contribution in [1.82, 2.24) is 9.88 Å². The third-order valence-electron chi connectivity index (χ3n) is 7.76. The molecule has 1 heterocycles. The van der Waals surface area contributed by atoms with Crippen molar-refractivity contribution in [2.24, 2.45) is 0 Å². The van der Waals surface area contributed by atoms with Gasteiger partial charge >= 0.3 is 16.8 Å². The van der Waals surface area contributed by atoms with Gasteiger partial charge in [0.25, 0.3) is 0 Å². The SMILES string of the molecule is CC(C)c1cccc(C(C)C)c1NCCCN(CCCNc1c(C(C)C)cccc1C(C)C)Cc1ccccn1.[Br-].[Br-].[Co+2]. The van der Waals surface area contributed by atoms with Gasteiger partial charge in [-0.1, -0.05) is 97.9 Å². The summed E-state index contributed by atoms with van der Waals surface area (Å²) in [4.78, 5) is 7.19. The Balaban J connectivity index is 0.00000588. The Bertz CT molecular complexity index is 1050. The maximum absolute atomic E-state index is 4.62. The van der Waals surface area contributed by atoms with Gasteiger partial charge in [0.05, 0.1) is 5.69 Å². The molecule has 3 rings (SSSR count). The fourth-order valence-corrected chi connectivity index (χ4v) is 5.53. The zero-order valence-electron chi connectivity index (χ0n) is 27.5. The maximum Gasteiger partial charge on any atom is 2.00 e. The quantitative estimate of drug-likeness (QED) is 0.220. The van der Waals surface area contributed by atoms with E-state index in [0.717, 1.165) is 51.3 Å².